The lowest BCUT2D eigenvalue weighted by Gasteiger charge is -2.34. The zero-order valence-corrected chi connectivity index (χ0v) is 13.8. The molecule has 0 amide bonds. The van der Waals surface area contributed by atoms with Crippen molar-refractivity contribution >= 4 is 22.4 Å². The lowest BCUT2D eigenvalue weighted by Crippen LogP contribution is -2.45. The zero-order valence-electron chi connectivity index (χ0n) is 12.1. The van der Waals surface area contributed by atoms with Gasteiger partial charge in [0.05, 0.1) is 11.9 Å². The van der Waals surface area contributed by atoms with Crippen molar-refractivity contribution < 1.29 is 8.42 Å². The molecule has 1 fully saturated rings. The van der Waals surface area contributed by atoms with Crippen LogP contribution in [0.5, 0.6) is 0 Å². The van der Waals surface area contributed by atoms with Crippen LogP contribution in [0.25, 0.3) is 0 Å². The molecule has 0 aliphatic carbocycles. The maximum absolute atomic E-state index is 12.3. The van der Waals surface area contributed by atoms with Gasteiger partial charge in [0.25, 0.3) is 0 Å². The smallest absolute Gasteiger partial charge is 0.243 e. The van der Waals surface area contributed by atoms with Crippen LogP contribution in [0, 0.1) is 12.3 Å². The van der Waals surface area contributed by atoms with Gasteiger partial charge >= 0.3 is 0 Å². The molecule has 116 valence electrons. The van der Waals surface area contributed by atoms with Crippen molar-refractivity contribution in [1.82, 2.24) is 19.8 Å². The van der Waals surface area contributed by atoms with Gasteiger partial charge < -0.3 is 5.32 Å². The van der Waals surface area contributed by atoms with Crippen LogP contribution in [0.3, 0.4) is 0 Å². The van der Waals surface area contributed by atoms with Crippen molar-refractivity contribution in [2.24, 2.45) is 12.5 Å². The highest BCUT2D eigenvalue weighted by Crippen LogP contribution is 2.25. The van der Waals surface area contributed by atoms with E-state index in [1.807, 2.05) is 0 Å². The van der Waals surface area contributed by atoms with E-state index in [4.69, 9.17) is 0 Å². The van der Waals surface area contributed by atoms with Gasteiger partial charge in [-0.05, 0) is 31.7 Å². The Hall–Kier alpha value is -0.630. The minimum absolute atomic E-state index is 0. The molecule has 0 radical (unpaired) electrons. The van der Waals surface area contributed by atoms with Crippen molar-refractivity contribution in [3.8, 4) is 0 Å². The van der Waals surface area contributed by atoms with E-state index < -0.39 is 10.0 Å². The van der Waals surface area contributed by atoms with Crippen LogP contribution in [0.2, 0.25) is 0 Å². The highest BCUT2D eigenvalue weighted by molar-refractivity contribution is 7.89. The number of rotatable bonds is 4. The molecule has 2 heterocycles. The summed E-state index contributed by atoms with van der Waals surface area (Å²) in [6.45, 7) is 6.19. The molecule has 0 spiro atoms. The molecule has 1 atom stereocenters. The van der Waals surface area contributed by atoms with Crippen molar-refractivity contribution in [3.05, 3.63) is 11.9 Å². The summed E-state index contributed by atoms with van der Waals surface area (Å²) in [6.07, 6.45) is 3.53. The minimum atomic E-state index is -3.47. The van der Waals surface area contributed by atoms with Crippen LogP contribution >= 0.6 is 12.4 Å². The topological polar surface area (TPSA) is 76.0 Å². The molecule has 2 N–H and O–H groups in total. The number of nitrogens with one attached hydrogen (secondary N) is 2. The van der Waals surface area contributed by atoms with E-state index in [0.717, 1.165) is 25.9 Å². The SMILES string of the molecule is Cc1c(S(=O)(=O)NCC2(C)CCCNC2)cnn1C.Cl. The van der Waals surface area contributed by atoms with Crippen LogP contribution in [-0.4, -0.2) is 37.8 Å². The molecule has 0 saturated carbocycles. The van der Waals surface area contributed by atoms with Gasteiger partial charge in [-0.3, -0.25) is 4.68 Å². The molecular formula is C12H23ClN4O2S. The van der Waals surface area contributed by atoms with Gasteiger partial charge in [0.1, 0.15) is 4.90 Å². The van der Waals surface area contributed by atoms with Crippen molar-refractivity contribution in [2.45, 2.75) is 31.6 Å². The summed E-state index contributed by atoms with van der Waals surface area (Å²) >= 11 is 0. The lowest BCUT2D eigenvalue weighted by atomic mass is 9.83. The Balaban J connectivity index is 0.00000200. The maximum atomic E-state index is 12.3. The van der Waals surface area contributed by atoms with Gasteiger partial charge in [-0.25, -0.2) is 13.1 Å². The first-order valence-corrected chi connectivity index (χ1v) is 8.01. The molecule has 0 aromatic carbocycles. The van der Waals surface area contributed by atoms with Crippen molar-refractivity contribution in [3.63, 3.8) is 0 Å². The molecule has 1 unspecified atom stereocenters. The lowest BCUT2D eigenvalue weighted by molar-refractivity contribution is 0.238. The van der Waals surface area contributed by atoms with Gasteiger partial charge in [0.15, 0.2) is 0 Å². The Kier molecular flexibility index (Phi) is 5.60. The van der Waals surface area contributed by atoms with Crippen LogP contribution < -0.4 is 10.0 Å². The Morgan fingerprint density at radius 3 is 2.75 bits per heavy atom. The second kappa shape index (κ2) is 6.43. The normalized spacial score (nSPS) is 23.4. The van der Waals surface area contributed by atoms with Crippen LogP contribution in [0.4, 0.5) is 0 Å². The molecule has 1 aliphatic rings. The minimum Gasteiger partial charge on any atom is -0.316 e. The van der Waals surface area contributed by atoms with Gasteiger partial charge in [-0.15, -0.1) is 12.4 Å². The molecule has 1 aromatic heterocycles. The first-order valence-electron chi connectivity index (χ1n) is 6.53. The average Bonchev–Trinajstić information content (AvgIpc) is 2.70. The molecule has 8 heteroatoms. The Morgan fingerprint density at radius 2 is 2.25 bits per heavy atom. The second-order valence-corrected chi connectivity index (χ2v) is 7.37. The summed E-state index contributed by atoms with van der Waals surface area (Å²) in [5.41, 5.74) is 0.640. The predicted molar refractivity (Wildman–Crippen MR) is 80.6 cm³/mol. The quantitative estimate of drug-likeness (QED) is 0.860. The molecule has 2 rings (SSSR count). The predicted octanol–water partition coefficient (Wildman–Crippen LogP) is 0.818. The Morgan fingerprint density at radius 1 is 1.55 bits per heavy atom. The van der Waals surface area contributed by atoms with Crippen LogP contribution in [0.1, 0.15) is 25.5 Å². The summed E-state index contributed by atoms with van der Waals surface area (Å²) < 4.78 is 28.8. The molecule has 1 aliphatic heterocycles. The van der Waals surface area contributed by atoms with Crippen molar-refractivity contribution in [2.75, 3.05) is 19.6 Å². The number of piperidine rings is 1. The highest BCUT2D eigenvalue weighted by Gasteiger charge is 2.29. The Labute approximate surface area is 126 Å². The number of aromatic nitrogens is 2. The largest absolute Gasteiger partial charge is 0.316 e. The standard InChI is InChI=1S/C12H22N4O2S.ClH/c1-10-11(7-14-16(10)3)19(17,18)15-9-12(2)5-4-6-13-8-12;/h7,13,15H,4-6,8-9H2,1-3H3;1H. The second-order valence-electron chi connectivity index (χ2n) is 5.63. The first-order chi connectivity index (χ1) is 8.84. The molecule has 20 heavy (non-hydrogen) atoms. The summed E-state index contributed by atoms with van der Waals surface area (Å²) in [5, 5.41) is 7.30. The van der Waals surface area contributed by atoms with E-state index in [-0.39, 0.29) is 22.7 Å². The molecule has 0 bridgehead atoms. The van der Waals surface area contributed by atoms with Crippen LogP contribution in [-0.2, 0) is 17.1 Å². The fraction of sp³-hybridized carbons (Fsp3) is 0.750. The number of halogens is 1. The third-order valence-electron chi connectivity index (χ3n) is 3.85. The summed E-state index contributed by atoms with van der Waals surface area (Å²) in [4.78, 5) is 0.266. The van der Waals surface area contributed by atoms with E-state index in [2.05, 4.69) is 22.1 Å². The molecular weight excluding hydrogens is 300 g/mol. The average molecular weight is 323 g/mol. The monoisotopic (exact) mass is 322 g/mol. The number of hydrogen-bond donors (Lipinski definition) is 2. The van der Waals surface area contributed by atoms with Gasteiger partial charge in [-0.1, -0.05) is 6.92 Å². The molecule has 6 nitrogen and oxygen atoms in total. The first kappa shape index (κ1) is 17.4. The van der Waals surface area contributed by atoms with E-state index in [1.165, 1.54) is 6.20 Å². The third-order valence-corrected chi connectivity index (χ3v) is 5.36. The maximum Gasteiger partial charge on any atom is 0.243 e. The number of nitrogens with zero attached hydrogens (tertiary/aromatic N) is 2. The van der Waals surface area contributed by atoms with Crippen LogP contribution in [0.15, 0.2) is 11.1 Å². The van der Waals surface area contributed by atoms with E-state index in [1.54, 1.807) is 18.7 Å². The molecule has 1 aromatic rings. The van der Waals surface area contributed by atoms with E-state index >= 15 is 0 Å². The Bertz CT molecular complexity index is 550. The number of hydrogen-bond acceptors (Lipinski definition) is 4. The number of sulfonamides is 1. The number of aryl methyl sites for hydroxylation is 1. The van der Waals surface area contributed by atoms with E-state index in [0.29, 0.717) is 12.2 Å². The van der Waals surface area contributed by atoms with Gasteiger partial charge in [-0.2, -0.15) is 5.10 Å². The van der Waals surface area contributed by atoms with E-state index in [9.17, 15) is 8.42 Å². The summed E-state index contributed by atoms with van der Waals surface area (Å²) in [6, 6.07) is 0. The highest BCUT2D eigenvalue weighted by atomic mass is 35.5. The molecule has 1 saturated heterocycles. The van der Waals surface area contributed by atoms with Gasteiger partial charge in [0, 0.05) is 20.1 Å². The summed E-state index contributed by atoms with van der Waals surface area (Å²) in [7, 11) is -1.73. The fourth-order valence-electron chi connectivity index (χ4n) is 2.36. The summed E-state index contributed by atoms with van der Waals surface area (Å²) in [5.74, 6) is 0. The fourth-order valence-corrected chi connectivity index (χ4v) is 3.76. The zero-order chi connectivity index (χ0) is 14.1. The third kappa shape index (κ3) is 3.72. The van der Waals surface area contributed by atoms with Crippen molar-refractivity contribution in [1.29, 1.82) is 0 Å². The van der Waals surface area contributed by atoms with Gasteiger partial charge in [0.2, 0.25) is 10.0 Å².